The molecule has 1 N–H and O–H groups in total. The fourth-order valence-corrected chi connectivity index (χ4v) is 1.65. The molecule has 2 rings (SSSR count). The minimum atomic E-state index is -0.601. The Balaban J connectivity index is 2.40. The quantitative estimate of drug-likeness (QED) is 0.865. The highest BCUT2D eigenvalue weighted by molar-refractivity contribution is 5.82. The van der Waals surface area contributed by atoms with Gasteiger partial charge in [-0.15, -0.1) is 0 Å². The lowest BCUT2D eigenvalue weighted by atomic mass is 10.1. The van der Waals surface area contributed by atoms with Crippen molar-refractivity contribution in [3.63, 3.8) is 0 Å². The molecule has 0 saturated carbocycles. The third-order valence-corrected chi connectivity index (χ3v) is 2.46. The van der Waals surface area contributed by atoms with Crippen molar-refractivity contribution in [1.82, 2.24) is 15.1 Å². The van der Waals surface area contributed by atoms with Gasteiger partial charge in [0.2, 0.25) is 0 Å². The topological polar surface area (TPSA) is 31.9 Å². The van der Waals surface area contributed by atoms with E-state index in [1.807, 2.05) is 19.0 Å². The van der Waals surface area contributed by atoms with Crippen LogP contribution in [0.4, 0.5) is 8.78 Å². The Hall–Kier alpha value is -1.49. The Morgan fingerprint density at radius 3 is 2.75 bits per heavy atom. The number of nitrogens with zero attached hydrogens (tertiary/aromatic N) is 2. The molecule has 0 fully saturated rings. The van der Waals surface area contributed by atoms with Crippen molar-refractivity contribution in [3.05, 3.63) is 29.5 Å². The van der Waals surface area contributed by atoms with Gasteiger partial charge < -0.3 is 4.90 Å². The maximum absolute atomic E-state index is 13.6. The van der Waals surface area contributed by atoms with Crippen LogP contribution >= 0.6 is 0 Å². The number of likely N-dealkylation sites (N-methyl/N-ethyl adjacent to an activating group) is 1. The van der Waals surface area contributed by atoms with E-state index < -0.39 is 11.6 Å². The fraction of sp³-hybridized carbons (Fsp3) is 0.364. The Bertz CT molecular complexity index is 505. The molecule has 0 atom stereocenters. The van der Waals surface area contributed by atoms with E-state index >= 15 is 0 Å². The van der Waals surface area contributed by atoms with Crippen molar-refractivity contribution in [2.75, 3.05) is 20.6 Å². The molecule has 16 heavy (non-hydrogen) atoms. The van der Waals surface area contributed by atoms with Gasteiger partial charge in [0.05, 0.1) is 10.9 Å². The van der Waals surface area contributed by atoms with E-state index in [0.717, 1.165) is 12.6 Å². The molecule has 0 saturated heterocycles. The molecule has 5 heteroatoms. The van der Waals surface area contributed by atoms with Crippen molar-refractivity contribution in [1.29, 1.82) is 0 Å². The fourth-order valence-electron chi connectivity index (χ4n) is 1.65. The molecule has 0 amide bonds. The van der Waals surface area contributed by atoms with Gasteiger partial charge >= 0.3 is 0 Å². The summed E-state index contributed by atoms with van der Waals surface area (Å²) in [6.07, 6.45) is 0.659. The van der Waals surface area contributed by atoms with Crippen LogP contribution in [0.5, 0.6) is 0 Å². The highest BCUT2D eigenvalue weighted by Crippen LogP contribution is 2.21. The van der Waals surface area contributed by atoms with Crippen molar-refractivity contribution >= 4 is 10.9 Å². The molecule has 0 aliphatic heterocycles. The number of halogens is 2. The molecule has 1 heterocycles. The van der Waals surface area contributed by atoms with Crippen LogP contribution < -0.4 is 0 Å². The molecular weight excluding hydrogens is 212 g/mol. The van der Waals surface area contributed by atoms with E-state index in [-0.39, 0.29) is 0 Å². The predicted molar refractivity (Wildman–Crippen MR) is 58.3 cm³/mol. The highest BCUT2D eigenvalue weighted by Gasteiger charge is 2.12. The van der Waals surface area contributed by atoms with Gasteiger partial charge in [-0.1, -0.05) is 0 Å². The van der Waals surface area contributed by atoms with Gasteiger partial charge in [-0.2, -0.15) is 5.10 Å². The van der Waals surface area contributed by atoms with Crippen LogP contribution in [0.3, 0.4) is 0 Å². The van der Waals surface area contributed by atoms with Crippen LogP contribution in [0, 0.1) is 11.6 Å². The summed E-state index contributed by atoms with van der Waals surface area (Å²) in [5.41, 5.74) is 1.05. The zero-order valence-corrected chi connectivity index (χ0v) is 9.22. The first-order chi connectivity index (χ1) is 7.58. The Kier molecular flexibility index (Phi) is 2.87. The highest BCUT2D eigenvalue weighted by atomic mass is 19.1. The van der Waals surface area contributed by atoms with Crippen LogP contribution in [0.2, 0.25) is 0 Å². The van der Waals surface area contributed by atoms with E-state index in [1.165, 1.54) is 6.07 Å². The summed E-state index contributed by atoms with van der Waals surface area (Å²) in [5.74, 6) is -1.16. The van der Waals surface area contributed by atoms with Crippen molar-refractivity contribution < 1.29 is 8.78 Å². The SMILES string of the molecule is CN(C)CCc1[nH]nc2cc(F)cc(F)c12. The summed E-state index contributed by atoms with van der Waals surface area (Å²) in [7, 11) is 3.88. The summed E-state index contributed by atoms with van der Waals surface area (Å²) in [4.78, 5) is 1.99. The van der Waals surface area contributed by atoms with E-state index in [1.54, 1.807) is 0 Å². The van der Waals surface area contributed by atoms with Gasteiger partial charge in [-0.3, -0.25) is 5.10 Å². The number of aromatic nitrogens is 2. The minimum absolute atomic E-state index is 0.339. The van der Waals surface area contributed by atoms with Crippen LogP contribution in [0.15, 0.2) is 12.1 Å². The maximum Gasteiger partial charge on any atom is 0.137 e. The first kappa shape index (κ1) is 11.0. The molecular formula is C11H13F2N3. The lowest BCUT2D eigenvalue weighted by Crippen LogP contribution is -2.15. The average Bonchev–Trinajstić information content (AvgIpc) is 2.57. The zero-order valence-electron chi connectivity index (χ0n) is 9.22. The number of rotatable bonds is 3. The van der Waals surface area contributed by atoms with Crippen LogP contribution in [-0.4, -0.2) is 35.7 Å². The average molecular weight is 225 g/mol. The zero-order chi connectivity index (χ0) is 11.7. The van der Waals surface area contributed by atoms with E-state index in [9.17, 15) is 8.78 Å². The summed E-state index contributed by atoms with van der Waals surface area (Å²) >= 11 is 0. The predicted octanol–water partition coefficient (Wildman–Crippen LogP) is 1.95. The number of hydrogen-bond acceptors (Lipinski definition) is 2. The van der Waals surface area contributed by atoms with Gasteiger partial charge in [0, 0.05) is 30.8 Å². The molecule has 2 aromatic rings. The minimum Gasteiger partial charge on any atom is -0.309 e. The normalized spacial score (nSPS) is 11.6. The largest absolute Gasteiger partial charge is 0.309 e. The summed E-state index contributed by atoms with van der Waals surface area (Å²) in [6, 6.07) is 2.12. The van der Waals surface area contributed by atoms with Crippen molar-refractivity contribution in [2.45, 2.75) is 6.42 Å². The van der Waals surface area contributed by atoms with Gasteiger partial charge in [-0.05, 0) is 14.1 Å². The molecule has 0 unspecified atom stereocenters. The smallest absolute Gasteiger partial charge is 0.137 e. The van der Waals surface area contributed by atoms with Gasteiger partial charge in [0.15, 0.2) is 0 Å². The second-order valence-electron chi connectivity index (χ2n) is 4.04. The maximum atomic E-state index is 13.6. The van der Waals surface area contributed by atoms with Crippen molar-refractivity contribution in [2.24, 2.45) is 0 Å². The Labute approximate surface area is 92.1 Å². The number of fused-ring (bicyclic) bond motifs is 1. The number of aromatic amines is 1. The number of nitrogens with one attached hydrogen (secondary N) is 1. The third-order valence-electron chi connectivity index (χ3n) is 2.46. The second kappa shape index (κ2) is 4.17. The van der Waals surface area contributed by atoms with Crippen LogP contribution in [0.1, 0.15) is 5.69 Å². The van der Waals surface area contributed by atoms with Gasteiger partial charge in [-0.25, -0.2) is 8.78 Å². The summed E-state index contributed by atoms with van der Waals surface area (Å²) in [6.45, 7) is 0.786. The standard InChI is InChI=1S/C11H13F2N3/c1-16(2)4-3-9-11-8(13)5-7(12)6-10(11)15-14-9/h5-6H,3-4H2,1-2H3,(H,14,15). The van der Waals surface area contributed by atoms with E-state index in [4.69, 9.17) is 0 Å². The number of hydrogen-bond donors (Lipinski definition) is 1. The summed E-state index contributed by atoms with van der Waals surface area (Å²) < 4.78 is 26.5. The van der Waals surface area contributed by atoms with E-state index in [2.05, 4.69) is 10.2 Å². The Morgan fingerprint density at radius 1 is 1.31 bits per heavy atom. The molecule has 1 aromatic carbocycles. The monoisotopic (exact) mass is 225 g/mol. The first-order valence-electron chi connectivity index (χ1n) is 5.04. The number of benzene rings is 1. The molecule has 1 aromatic heterocycles. The first-order valence-corrected chi connectivity index (χ1v) is 5.04. The molecule has 86 valence electrons. The lowest BCUT2D eigenvalue weighted by molar-refractivity contribution is 0.412. The Morgan fingerprint density at radius 2 is 2.06 bits per heavy atom. The third kappa shape index (κ3) is 2.04. The lowest BCUT2D eigenvalue weighted by Gasteiger charge is -2.07. The second-order valence-corrected chi connectivity index (χ2v) is 4.04. The van der Waals surface area contributed by atoms with Crippen molar-refractivity contribution in [3.8, 4) is 0 Å². The van der Waals surface area contributed by atoms with Crippen LogP contribution in [0.25, 0.3) is 10.9 Å². The molecule has 0 aliphatic carbocycles. The molecule has 0 bridgehead atoms. The van der Waals surface area contributed by atoms with E-state index in [0.29, 0.717) is 23.0 Å². The molecule has 3 nitrogen and oxygen atoms in total. The van der Waals surface area contributed by atoms with Gasteiger partial charge in [0.1, 0.15) is 11.6 Å². The summed E-state index contributed by atoms with van der Waals surface area (Å²) in [5, 5.41) is 7.04. The van der Waals surface area contributed by atoms with Crippen LogP contribution in [-0.2, 0) is 6.42 Å². The van der Waals surface area contributed by atoms with Gasteiger partial charge in [0.25, 0.3) is 0 Å². The number of H-pyrrole nitrogens is 1. The molecule has 0 radical (unpaired) electrons. The molecule has 0 spiro atoms. The molecule has 0 aliphatic rings.